The van der Waals surface area contributed by atoms with Crippen molar-refractivity contribution in [2.24, 2.45) is 0 Å². The van der Waals surface area contributed by atoms with Crippen LogP contribution in [0.15, 0.2) is 41.1 Å². The molecule has 2 heterocycles. The van der Waals surface area contributed by atoms with Gasteiger partial charge in [-0.25, -0.2) is 9.59 Å². The highest BCUT2D eigenvalue weighted by Gasteiger charge is 2.29. The maximum Gasteiger partial charge on any atom is 0.340 e. The van der Waals surface area contributed by atoms with Gasteiger partial charge in [-0.2, -0.15) is 0 Å². The van der Waals surface area contributed by atoms with Crippen molar-refractivity contribution in [3.05, 3.63) is 53.3 Å². The standard InChI is InChI=1S/C22H22N2O6/c1-5-28-21(25)16-12-23-20(14-7-9-15(27-4)10-8-14)19(17-11-13(3)24-30-17)18(16)22(26)29-6-2/h7-12H,5-6H2,1-4H3. The molecule has 156 valence electrons. The van der Waals surface area contributed by atoms with Crippen LogP contribution in [0.3, 0.4) is 0 Å². The molecule has 0 saturated carbocycles. The summed E-state index contributed by atoms with van der Waals surface area (Å²) in [7, 11) is 1.57. The molecule has 0 aliphatic carbocycles. The number of rotatable bonds is 7. The average molecular weight is 410 g/mol. The summed E-state index contributed by atoms with van der Waals surface area (Å²) in [6.07, 6.45) is 1.32. The van der Waals surface area contributed by atoms with E-state index in [1.165, 1.54) is 6.20 Å². The first-order chi connectivity index (χ1) is 14.5. The molecule has 0 amide bonds. The number of benzene rings is 1. The van der Waals surface area contributed by atoms with Crippen LogP contribution in [0.4, 0.5) is 0 Å². The second-order valence-corrected chi connectivity index (χ2v) is 6.27. The van der Waals surface area contributed by atoms with Crippen molar-refractivity contribution in [1.82, 2.24) is 10.1 Å². The van der Waals surface area contributed by atoms with Gasteiger partial charge < -0.3 is 18.7 Å². The van der Waals surface area contributed by atoms with Gasteiger partial charge in [0.05, 0.1) is 48.4 Å². The van der Waals surface area contributed by atoms with Crippen LogP contribution in [0.5, 0.6) is 5.75 Å². The quantitative estimate of drug-likeness (QED) is 0.537. The van der Waals surface area contributed by atoms with E-state index in [9.17, 15) is 9.59 Å². The lowest BCUT2D eigenvalue weighted by atomic mass is 9.95. The molecule has 0 bridgehead atoms. The molecule has 0 aliphatic heterocycles. The van der Waals surface area contributed by atoms with Crippen LogP contribution in [0, 0.1) is 6.92 Å². The monoisotopic (exact) mass is 410 g/mol. The Bertz CT molecular complexity index is 1060. The second kappa shape index (κ2) is 9.21. The summed E-state index contributed by atoms with van der Waals surface area (Å²) >= 11 is 0. The number of ether oxygens (including phenoxy) is 3. The Labute approximate surface area is 173 Å². The Morgan fingerprint density at radius 1 is 1.03 bits per heavy atom. The fourth-order valence-electron chi connectivity index (χ4n) is 2.98. The predicted octanol–water partition coefficient (Wildman–Crippen LogP) is 4.07. The Kier molecular flexibility index (Phi) is 6.46. The van der Waals surface area contributed by atoms with Crippen LogP contribution in [0.25, 0.3) is 22.6 Å². The van der Waals surface area contributed by atoms with Crippen LogP contribution >= 0.6 is 0 Å². The van der Waals surface area contributed by atoms with E-state index in [-0.39, 0.29) is 24.3 Å². The van der Waals surface area contributed by atoms with Crippen LogP contribution in [0.1, 0.15) is 40.3 Å². The maximum absolute atomic E-state index is 12.9. The predicted molar refractivity (Wildman–Crippen MR) is 108 cm³/mol. The van der Waals surface area contributed by atoms with Gasteiger partial charge in [0.2, 0.25) is 0 Å². The van der Waals surface area contributed by atoms with Gasteiger partial charge >= 0.3 is 11.9 Å². The Morgan fingerprint density at radius 2 is 1.70 bits per heavy atom. The number of carbonyl (C=O) groups is 2. The normalized spacial score (nSPS) is 10.5. The van der Waals surface area contributed by atoms with Crippen molar-refractivity contribution in [3.63, 3.8) is 0 Å². The van der Waals surface area contributed by atoms with E-state index in [1.54, 1.807) is 58.2 Å². The maximum atomic E-state index is 12.9. The summed E-state index contributed by atoms with van der Waals surface area (Å²) in [6, 6.07) is 8.81. The number of esters is 2. The fraction of sp³-hybridized carbons (Fsp3) is 0.273. The number of methoxy groups -OCH3 is 1. The first-order valence-corrected chi connectivity index (χ1v) is 9.45. The molecular formula is C22H22N2O6. The summed E-state index contributed by atoms with van der Waals surface area (Å²) in [5, 5.41) is 3.92. The van der Waals surface area contributed by atoms with E-state index in [1.807, 2.05) is 0 Å². The van der Waals surface area contributed by atoms with Crippen LogP contribution in [-0.2, 0) is 9.47 Å². The molecule has 1 aromatic carbocycles. The molecule has 0 spiro atoms. The number of aryl methyl sites for hydroxylation is 1. The third-order valence-electron chi connectivity index (χ3n) is 4.29. The van der Waals surface area contributed by atoms with Crippen LogP contribution in [-0.4, -0.2) is 42.4 Å². The first kappa shape index (κ1) is 21.0. The average Bonchev–Trinajstić information content (AvgIpc) is 3.19. The largest absolute Gasteiger partial charge is 0.497 e. The van der Waals surface area contributed by atoms with Crippen molar-refractivity contribution in [3.8, 4) is 28.3 Å². The number of hydrogen-bond donors (Lipinski definition) is 0. The van der Waals surface area contributed by atoms with Gasteiger partial charge in [0.1, 0.15) is 5.75 Å². The molecule has 30 heavy (non-hydrogen) atoms. The second-order valence-electron chi connectivity index (χ2n) is 6.27. The van der Waals surface area contributed by atoms with Crippen LogP contribution in [0.2, 0.25) is 0 Å². The number of aromatic nitrogens is 2. The molecule has 8 heteroatoms. The summed E-state index contributed by atoms with van der Waals surface area (Å²) in [5.74, 6) is -0.391. The van der Waals surface area contributed by atoms with E-state index in [2.05, 4.69) is 10.1 Å². The molecule has 3 rings (SSSR count). The van der Waals surface area contributed by atoms with Crippen LogP contribution < -0.4 is 4.74 Å². The van der Waals surface area contributed by atoms with E-state index in [0.717, 1.165) is 0 Å². The first-order valence-electron chi connectivity index (χ1n) is 9.45. The van der Waals surface area contributed by atoms with E-state index < -0.39 is 11.9 Å². The molecule has 0 atom stereocenters. The molecule has 3 aromatic rings. The van der Waals surface area contributed by atoms with Crippen molar-refractivity contribution < 1.29 is 28.3 Å². The molecule has 8 nitrogen and oxygen atoms in total. The summed E-state index contributed by atoms with van der Waals surface area (Å²) in [5.41, 5.74) is 2.07. The van der Waals surface area contributed by atoms with E-state index >= 15 is 0 Å². The summed E-state index contributed by atoms with van der Waals surface area (Å²) in [4.78, 5) is 29.9. The van der Waals surface area contributed by atoms with Crippen molar-refractivity contribution >= 4 is 11.9 Å². The minimum Gasteiger partial charge on any atom is -0.497 e. The van der Waals surface area contributed by atoms with Gasteiger partial charge in [-0.15, -0.1) is 0 Å². The van der Waals surface area contributed by atoms with E-state index in [0.29, 0.717) is 34.0 Å². The molecule has 0 N–H and O–H groups in total. The zero-order valence-corrected chi connectivity index (χ0v) is 17.2. The van der Waals surface area contributed by atoms with Gasteiger partial charge in [-0.3, -0.25) is 4.98 Å². The minimum atomic E-state index is -0.679. The van der Waals surface area contributed by atoms with Gasteiger partial charge in [-0.1, -0.05) is 5.16 Å². The Hall–Kier alpha value is -3.68. The van der Waals surface area contributed by atoms with Gasteiger partial charge in [-0.05, 0) is 45.0 Å². The van der Waals surface area contributed by atoms with Gasteiger partial charge in [0.15, 0.2) is 5.76 Å². The highest BCUT2D eigenvalue weighted by Crippen LogP contribution is 2.36. The van der Waals surface area contributed by atoms with Crippen molar-refractivity contribution in [1.29, 1.82) is 0 Å². The van der Waals surface area contributed by atoms with Crippen molar-refractivity contribution in [2.45, 2.75) is 20.8 Å². The smallest absolute Gasteiger partial charge is 0.340 e. The summed E-state index contributed by atoms with van der Waals surface area (Å²) < 4.78 is 21.0. The van der Waals surface area contributed by atoms with Gasteiger partial charge in [0, 0.05) is 17.8 Å². The Balaban J connectivity index is 2.32. The molecule has 0 saturated heterocycles. The zero-order valence-electron chi connectivity index (χ0n) is 17.2. The highest BCUT2D eigenvalue weighted by molar-refractivity contribution is 6.09. The topological polar surface area (TPSA) is 101 Å². The zero-order chi connectivity index (χ0) is 21.7. The Morgan fingerprint density at radius 3 is 2.27 bits per heavy atom. The third kappa shape index (κ3) is 4.17. The molecule has 0 aliphatic rings. The molecular weight excluding hydrogens is 388 g/mol. The molecule has 0 radical (unpaired) electrons. The number of nitrogens with zero attached hydrogens (tertiary/aromatic N) is 2. The SMILES string of the molecule is CCOC(=O)c1cnc(-c2ccc(OC)cc2)c(-c2cc(C)no2)c1C(=O)OCC. The molecule has 2 aromatic heterocycles. The third-order valence-corrected chi connectivity index (χ3v) is 4.29. The fourth-order valence-corrected chi connectivity index (χ4v) is 2.98. The minimum absolute atomic E-state index is 0.00313. The molecule has 0 fully saturated rings. The van der Waals surface area contributed by atoms with Crippen molar-refractivity contribution in [2.75, 3.05) is 20.3 Å². The summed E-state index contributed by atoms with van der Waals surface area (Å²) in [6.45, 7) is 5.41. The lowest BCUT2D eigenvalue weighted by molar-refractivity contribution is 0.0479. The lowest BCUT2D eigenvalue weighted by Crippen LogP contribution is -2.17. The van der Waals surface area contributed by atoms with E-state index in [4.69, 9.17) is 18.7 Å². The lowest BCUT2D eigenvalue weighted by Gasteiger charge is -2.15. The van der Waals surface area contributed by atoms with Gasteiger partial charge in [0.25, 0.3) is 0 Å². The molecule has 0 unspecified atom stereocenters. The number of hydrogen-bond acceptors (Lipinski definition) is 8. The number of pyridine rings is 1. The number of carbonyl (C=O) groups excluding carboxylic acids is 2. The highest BCUT2D eigenvalue weighted by atomic mass is 16.5.